The maximum atomic E-state index is 12.7. The lowest BCUT2D eigenvalue weighted by Gasteiger charge is -2.39. The Morgan fingerprint density at radius 2 is 1.76 bits per heavy atom. The topological polar surface area (TPSA) is 110 Å². The van der Waals surface area contributed by atoms with Crippen molar-refractivity contribution in [2.24, 2.45) is 0 Å². The minimum Gasteiger partial charge on any atom is -0.395 e. The van der Waals surface area contributed by atoms with E-state index in [9.17, 15) is 25.2 Å². The summed E-state index contributed by atoms with van der Waals surface area (Å²) in [5.74, 6) is -0.393. The number of thioether (sulfide) groups is 1. The SMILES string of the molecule is CCc1ccc(NC(=O)c2cc([C@@H]3S[C@H](CO)[C@@H](O)[C@H](O)[C@H]3O)ccc2Cl)cc1. The number of amides is 1. The molecule has 0 saturated carbocycles. The van der Waals surface area contributed by atoms with Gasteiger partial charge < -0.3 is 25.7 Å². The number of nitrogens with one attached hydrogen (secondary N) is 1. The van der Waals surface area contributed by atoms with Crippen molar-refractivity contribution in [3.8, 4) is 0 Å². The van der Waals surface area contributed by atoms with E-state index in [1.54, 1.807) is 18.2 Å². The molecule has 5 atom stereocenters. The van der Waals surface area contributed by atoms with Crippen molar-refractivity contribution in [1.29, 1.82) is 0 Å². The molecule has 29 heavy (non-hydrogen) atoms. The third-order valence-electron chi connectivity index (χ3n) is 5.08. The summed E-state index contributed by atoms with van der Waals surface area (Å²) in [5, 5.41) is 41.8. The second-order valence-corrected chi connectivity index (χ2v) is 8.79. The monoisotopic (exact) mass is 437 g/mol. The van der Waals surface area contributed by atoms with E-state index in [0.717, 1.165) is 23.7 Å². The van der Waals surface area contributed by atoms with E-state index in [1.165, 1.54) is 0 Å². The van der Waals surface area contributed by atoms with Crippen molar-refractivity contribution in [3.63, 3.8) is 0 Å². The van der Waals surface area contributed by atoms with Gasteiger partial charge in [-0.1, -0.05) is 36.7 Å². The molecule has 0 radical (unpaired) electrons. The van der Waals surface area contributed by atoms with E-state index < -0.39 is 34.7 Å². The molecule has 0 spiro atoms. The van der Waals surface area contributed by atoms with Gasteiger partial charge in [-0.25, -0.2) is 0 Å². The number of anilines is 1. The van der Waals surface area contributed by atoms with Crippen LogP contribution in [0.25, 0.3) is 0 Å². The van der Waals surface area contributed by atoms with Gasteiger partial charge in [-0.05, 0) is 41.8 Å². The van der Waals surface area contributed by atoms with Crippen LogP contribution in [0.3, 0.4) is 0 Å². The van der Waals surface area contributed by atoms with Gasteiger partial charge >= 0.3 is 0 Å². The van der Waals surface area contributed by atoms with Crippen LogP contribution in [0, 0.1) is 0 Å². The predicted molar refractivity (Wildman–Crippen MR) is 114 cm³/mol. The fraction of sp³-hybridized carbons (Fsp3) is 0.381. The van der Waals surface area contributed by atoms with Crippen molar-refractivity contribution in [1.82, 2.24) is 0 Å². The van der Waals surface area contributed by atoms with Crippen molar-refractivity contribution in [2.45, 2.75) is 42.2 Å². The first kappa shape index (κ1) is 22.1. The van der Waals surface area contributed by atoms with Crippen molar-refractivity contribution < 1.29 is 25.2 Å². The molecule has 0 aromatic heterocycles. The lowest BCUT2D eigenvalue weighted by molar-refractivity contribution is -0.0700. The fourth-order valence-electron chi connectivity index (χ4n) is 3.29. The number of carbonyl (C=O) groups excluding carboxylic acids is 1. The maximum absolute atomic E-state index is 12.7. The largest absolute Gasteiger partial charge is 0.395 e. The minimum absolute atomic E-state index is 0.234. The highest BCUT2D eigenvalue weighted by Gasteiger charge is 2.43. The van der Waals surface area contributed by atoms with Gasteiger partial charge in [0.05, 0.1) is 39.9 Å². The van der Waals surface area contributed by atoms with Gasteiger partial charge in [-0.3, -0.25) is 4.79 Å². The molecule has 2 aromatic rings. The smallest absolute Gasteiger partial charge is 0.257 e. The number of benzene rings is 2. The van der Waals surface area contributed by atoms with Crippen LogP contribution in [-0.2, 0) is 6.42 Å². The van der Waals surface area contributed by atoms with E-state index in [1.807, 2.05) is 31.2 Å². The molecule has 2 aromatic carbocycles. The summed E-state index contributed by atoms with van der Waals surface area (Å²) in [5.41, 5.74) is 2.60. The molecule has 1 heterocycles. The Balaban J connectivity index is 1.84. The van der Waals surface area contributed by atoms with Crippen molar-refractivity contribution in [2.75, 3.05) is 11.9 Å². The van der Waals surface area contributed by atoms with Crippen LogP contribution in [0.5, 0.6) is 0 Å². The molecule has 1 aliphatic heterocycles. The molecule has 6 nitrogen and oxygen atoms in total. The van der Waals surface area contributed by atoms with Crippen LogP contribution in [0.15, 0.2) is 42.5 Å². The van der Waals surface area contributed by atoms with Gasteiger partial charge in [-0.15, -0.1) is 11.8 Å². The first-order chi connectivity index (χ1) is 13.8. The molecule has 156 valence electrons. The van der Waals surface area contributed by atoms with Crippen LogP contribution < -0.4 is 5.32 Å². The van der Waals surface area contributed by atoms with Crippen LogP contribution in [0.4, 0.5) is 5.69 Å². The molecule has 1 fully saturated rings. The Morgan fingerprint density at radius 1 is 1.07 bits per heavy atom. The second kappa shape index (κ2) is 9.47. The Kier molecular flexibility index (Phi) is 7.21. The van der Waals surface area contributed by atoms with Crippen LogP contribution in [0.2, 0.25) is 5.02 Å². The van der Waals surface area contributed by atoms with Crippen LogP contribution in [0.1, 0.15) is 33.7 Å². The third-order valence-corrected chi connectivity index (χ3v) is 7.03. The highest BCUT2D eigenvalue weighted by atomic mass is 35.5. The molecule has 1 amide bonds. The van der Waals surface area contributed by atoms with Gasteiger partial charge in [0.15, 0.2) is 0 Å². The summed E-state index contributed by atoms with van der Waals surface area (Å²) in [6.07, 6.45) is -2.99. The molecule has 1 aliphatic rings. The Morgan fingerprint density at radius 3 is 2.38 bits per heavy atom. The molecule has 0 bridgehead atoms. The Hall–Kier alpha value is -1.61. The highest BCUT2D eigenvalue weighted by molar-refractivity contribution is 8.00. The quantitative estimate of drug-likeness (QED) is 0.491. The highest BCUT2D eigenvalue weighted by Crippen LogP contribution is 2.43. The van der Waals surface area contributed by atoms with Crippen LogP contribution >= 0.6 is 23.4 Å². The van der Waals surface area contributed by atoms with Crippen molar-refractivity contribution in [3.05, 3.63) is 64.2 Å². The first-order valence-electron chi connectivity index (χ1n) is 9.36. The lowest BCUT2D eigenvalue weighted by atomic mass is 9.96. The van der Waals surface area contributed by atoms with E-state index in [4.69, 9.17) is 11.6 Å². The molecule has 3 rings (SSSR count). The van der Waals surface area contributed by atoms with Gasteiger partial charge in [0.1, 0.15) is 6.10 Å². The Bertz CT molecular complexity index is 861. The van der Waals surface area contributed by atoms with Crippen molar-refractivity contribution >= 4 is 35.0 Å². The van der Waals surface area contributed by atoms with Gasteiger partial charge in [-0.2, -0.15) is 0 Å². The summed E-state index contributed by atoms with van der Waals surface area (Å²) in [4.78, 5) is 12.7. The molecule has 5 N–H and O–H groups in total. The number of hydrogen-bond donors (Lipinski definition) is 5. The summed E-state index contributed by atoms with van der Waals surface area (Å²) < 4.78 is 0. The normalized spacial score (nSPS) is 26.9. The summed E-state index contributed by atoms with van der Waals surface area (Å²) >= 11 is 7.38. The number of hydrogen-bond acceptors (Lipinski definition) is 6. The number of rotatable bonds is 5. The molecular formula is C21H24ClNO5S. The standard InChI is InChI=1S/C21H24ClNO5S/c1-2-11-3-6-13(7-4-11)23-21(28)14-9-12(5-8-15(14)22)20-19(27)18(26)17(25)16(10-24)29-20/h3-9,16-20,24-27H,2,10H2,1H3,(H,23,28)/t16-,17-,18+,19-,20+/m1/s1. The predicted octanol–water partition coefficient (Wildman–Crippen LogP) is 2.39. The van der Waals surface area contributed by atoms with E-state index >= 15 is 0 Å². The van der Waals surface area contributed by atoms with Gasteiger partial charge in [0, 0.05) is 5.69 Å². The number of aliphatic hydroxyl groups is 4. The minimum atomic E-state index is -1.40. The summed E-state index contributed by atoms with van der Waals surface area (Å²) in [6, 6.07) is 12.3. The average molecular weight is 438 g/mol. The third kappa shape index (κ3) is 4.77. The number of aryl methyl sites for hydroxylation is 1. The van der Waals surface area contributed by atoms with E-state index in [-0.39, 0.29) is 17.2 Å². The fourth-order valence-corrected chi connectivity index (χ4v) is 4.91. The number of aliphatic hydroxyl groups excluding tert-OH is 4. The molecule has 8 heteroatoms. The first-order valence-corrected chi connectivity index (χ1v) is 10.7. The number of halogens is 1. The van der Waals surface area contributed by atoms with Gasteiger partial charge in [0.25, 0.3) is 5.91 Å². The van der Waals surface area contributed by atoms with Crippen LogP contribution in [-0.4, -0.2) is 56.5 Å². The average Bonchev–Trinajstić information content (AvgIpc) is 2.73. The lowest BCUT2D eigenvalue weighted by Crippen LogP contribution is -2.51. The molecular weight excluding hydrogens is 414 g/mol. The summed E-state index contributed by atoms with van der Waals surface area (Å²) in [7, 11) is 0. The zero-order chi connectivity index (χ0) is 21.1. The maximum Gasteiger partial charge on any atom is 0.257 e. The second-order valence-electron chi connectivity index (χ2n) is 6.99. The molecule has 0 unspecified atom stereocenters. The molecule has 0 aliphatic carbocycles. The summed E-state index contributed by atoms with van der Waals surface area (Å²) in [6.45, 7) is 1.70. The zero-order valence-electron chi connectivity index (χ0n) is 15.8. The molecule has 1 saturated heterocycles. The van der Waals surface area contributed by atoms with E-state index in [0.29, 0.717) is 11.3 Å². The van der Waals surface area contributed by atoms with E-state index in [2.05, 4.69) is 5.32 Å². The van der Waals surface area contributed by atoms with Gasteiger partial charge in [0.2, 0.25) is 0 Å². The zero-order valence-corrected chi connectivity index (χ0v) is 17.4. The Labute approximate surface area is 178 Å². The number of carbonyl (C=O) groups is 1.